The lowest BCUT2D eigenvalue weighted by atomic mass is 9.94. The van der Waals surface area contributed by atoms with Crippen LogP contribution in [0, 0.1) is 6.92 Å². The van der Waals surface area contributed by atoms with Gasteiger partial charge >= 0.3 is 0 Å². The molecule has 0 saturated carbocycles. The van der Waals surface area contributed by atoms with Crippen molar-refractivity contribution in [3.63, 3.8) is 0 Å². The third-order valence-corrected chi connectivity index (χ3v) is 5.05. The molecule has 1 saturated heterocycles. The fourth-order valence-electron chi connectivity index (χ4n) is 3.42. The molecule has 3 aromatic rings. The molecule has 0 spiro atoms. The highest BCUT2D eigenvalue weighted by Gasteiger charge is 2.27. The highest BCUT2D eigenvalue weighted by atomic mass is 16.2. The summed E-state index contributed by atoms with van der Waals surface area (Å²) in [4.78, 5) is 36.2. The number of aromatic nitrogens is 6. The summed E-state index contributed by atoms with van der Waals surface area (Å²) in [5.74, 6) is 0.996. The number of nitrogens with zero attached hydrogens (tertiary/aromatic N) is 7. The number of imidazole rings is 1. The van der Waals surface area contributed by atoms with Gasteiger partial charge in [-0.3, -0.25) is 14.8 Å². The van der Waals surface area contributed by atoms with Gasteiger partial charge in [0, 0.05) is 44.6 Å². The third kappa shape index (κ3) is 3.42. The topological polar surface area (TPSA) is 89.7 Å². The maximum absolute atomic E-state index is 12.7. The number of aryl methyl sites for hydroxylation is 1. The maximum atomic E-state index is 12.7. The number of piperidine rings is 1. The van der Waals surface area contributed by atoms with Crippen molar-refractivity contribution >= 4 is 5.91 Å². The molecule has 0 N–H and O–H groups in total. The summed E-state index contributed by atoms with van der Waals surface area (Å²) in [7, 11) is 1.97. The molecule has 0 aromatic carbocycles. The minimum absolute atomic E-state index is 0.0841. The average Bonchev–Trinajstić information content (AvgIpc) is 3.07. The highest BCUT2D eigenvalue weighted by Crippen LogP contribution is 2.27. The van der Waals surface area contributed by atoms with E-state index in [1.807, 2.05) is 29.6 Å². The van der Waals surface area contributed by atoms with Crippen LogP contribution >= 0.6 is 0 Å². The summed E-state index contributed by atoms with van der Waals surface area (Å²) in [5, 5.41) is 0. The van der Waals surface area contributed by atoms with E-state index in [1.54, 1.807) is 24.8 Å². The van der Waals surface area contributed by atoms with Crippen molar-refractivity contribution in [2.45, 2.75) is 25.7 Å². The molecule has 4 heterocycles. The Morgan fingerprint density at radius 3 is 2.74 bits per heavy atom. The molecule has 1 fully saturated rings. The lowest BCUT2D eigenvalue weighted by molar-refractivity contribution is 0.0699. The van der Waals surface area contributed by atoms with E-state index >= 15 is 0 Å². The Kier molecular flexibility index (Phi) is 4.62. The first-order valence-corrected chi connectivity index (χ1v) is 8.99. The van der Waals surface area contributed by atoms with E-state index < -0.39 is 0 Å². The molecule has 0 bridgehead atoms. The molecule has 0 unspecified atom stereocenters. The van der Waals surface area contributed by atoms with Crippen LogP contribution in [0.5, 0.6) is 0 Å². The monoisotopic (exact) mass is 363 g/mol. The number of likely N-dealkylation sites (tertiary alicyclic amines) is 1. The zero-order valence-corrected chi connectivity index (χ0v) is 15.4. The maximum Gasteiger partial charge on any atom is 0.274 e. The molecule has 1 aliphatic heterocycles. The zero-order chi connectivity index (χ0) is 18.8. The van der Waals surface area contributed by atoms with Gasteiger partial charge in [0.1, 0.15) is 17.2 Å². The average molecular weight is 363 g/mol. The van der Waals surface area contributed by atoms with Crippen molar-refractivity contribution in [2.24, 2.45) is 7.05 Å². The van der Waals surface area contributed by atoms with Crippen molar-refractivity contribution in [3.8, 4) is 11.4 Å². The molecule has 138 valence electrons. The van der Waals surface area contributed by atoms with E-state index in [2.05, 4.69) is 19.9 Å². The molecule has 8 heteroatoms. The quantitative estimate of drug-likeness (QED) is 0.707. The van der Waals surface area contributed by atoms with Gasteiger partial charge in [0.15, 0.2) is 0 Å². The van der Waals surface area contributed by atoms with E-state index in [0.29, 0.717) is 12.2 Å². The molecule has 1 amide bonds. The minimum Gasteiger partial charge on any atom is -0.337 e. The third-order valence-electron chi connectivity index (χ3n) is 5.05. The predicted octanol–water partition coefficient (Wildman–Crippen LogP) is 2.00. The fraction of sp³-hybridized carbons (Fsp3) is 0.368. The Balaban J connectivity index is 1.56. The van der Waals surface area contributed by atoms with Crippen LogP contribution in [0.25, 0.3) is 11.4 Å². The van der Waals surface area contributed by atoms with Gasteiger partial charge in [-0.25, -0.2) is 15.0 Å². The first-order valence-electron chi connectivity index (χ1n) is 8.99. The minimum atomic E-state index is -0.0841. The highest BCUT2D eigenvalue weighted by molar-refractivity contribution is 5.92. The molecule has 8 nitrogen and oxygen atoms in total. The summed E-state index contributed by atoms with van der Waals surface area (Å²) in [5.41, 5.74) is 3.02. The van der Waals surface area contributed by atoms with Crippen LogP contribution in [0.2, 0.25) is 0 Å². The van der Waals surface area contributed by atoms with Crippen LogP contribution in [0.15, 0.2) is 37.2 Å². The summed E-state index contributed by atoms with van der Waals surface area (Å²) < 4.78 is 2.00. The zero-order valence-electron chi connectivity index (χ0n) is 15.4. The normalized spacial score (nSPS) is 17.1. The first-order chi connectivity index (χ1) is 13.1. The molecular weight excluding hydrogens is 342 g/mol. The molecular formula is C19H21N7O. The van der Waals surface area contributed by atoms with Crippen molar-refractivity contribution in [1.29, 1.82) is 0 Å². The number of carbonyl (C=O) groups excluding carboxylic acids is 1. The second-order valence-electron chi connectivity index (χ2n) is 6.76. The van der Waals surface area contributed by atoms with Crippen LogP contribution in [-0.4, -0.2) is 53.4 Å². The number of hydrogen-bond acceptors (Lipinski definition) is 6. The van der Waals surface area contributed by atoms with Crippen LogP contribution in [0.4, 0.5) is 0 Å². The van der Waals surface area contributed by atoms with E-state index in [9.17, 15) is 4.79 Å². The summed E-state index contributed by atoms with van der Waals surface area (Å²) in [6.07, 6.45) is 11.9. The van der Waals surface area contributed by atoms with E-state index in [0.717, 1.165) is 42.3 Å². The molecule has 3 aromatic heterocycles. The van der Waals surface area contributed by atoms with Crippen LogP contribution < -0.4 is 0 Å². The van der Waals surface area contributed by atoms with E-state index in [-0.39, 0.29) is 11.8 Å². The standard InChI is InChI=1S/C19H21N7O/c1-13-23-11-18(25(13)2)16-9-21-8-15(24-16)14-4-3-7-26(12-14)19(27)17-10-20-5-6-22-17/h5-6,8-11,14H,3-4,7,12H2,1-2H3/t14-/m1/s1. The Hall–Kier alpha value is -3.16. The number of hydrogen-bond donors (Lipinski definition) is 0. The summed E-state index contributed by atoms with van der Waals surface area (Å²) in [6.45, 7) is 3.29. The lowest BCUT2D eigenvalue weighted by Crippen LogP contribution is -2.39. The lowest BCUT2D eigenvalue weighted by Gasteiger charge is -2.32. The smallest absolute Gasteiger partial charge is 0.274 e. The molecule has 4 rings (SSSR count). The summed E-state index contributed by atoms with van der Waals surface area (Å²) in [6, 6.07) is 0. The number of carbonyl (C=O) groups is 1. The van der Waals surface area contributed by atoms with Gasteiger partial charge in [0.25, 0.3) is 5.91 Å². The summed E-state index contributed by atoms with van der Waals surface area (Å²) >= 11 is 0. The van der Waals surface area contributed by atoms with Gasteiger partial charge in [0.05, 0.1) is 30.0 Å². The van der Waals surface area contributed by atoms with Gasteiger partial charge in [0.2, 0.25) is 0 Å². The van der Waals surface area contributed by atoms with Crippen LogP contribution in [0.1, 0.15) is 40.8 Å². The van der Waals surface area contributed by atoms with E-state index in [4.69, 9.17) is 4.98 Å². The molecule has 0 radical (unpaired) electrons. The van der Waals surface area contributed by atoms with Crippen LogP contribution in [0.3, 0.4) is 0 Å². The SMILES string of the molecule is Cc1ncc(-c2cncc([C@@H]3CCCN(C(=O)c4cnccn4)C3)n2)n1C. The molecule has 27 heavy (non-hydrogen) atoms. The Morgan fingerprint density at radius 2 is 2.00 bits per heavy atom. The number of rotatable bonds is 3. The van der Waals surface area contributed by atoms with Gasteiger partial charge in [-0.2, -0.15) is 0 Å². The first kappa shape index (κ1) is 17.3. The Morgan fingerprint density at radius 1 is 1.11 bits per heavy atom. The van der Waals surface area contributed by atoms with Crippen molar-refractivity contribution in [1.82, 2.24) is 34.4 Å². The predicted molar refractivity (Wildman–Crippen MR) is 98.9 cm³/mol. The Bertz CT molecular complexity index is 954. The molecule has 1 atom stereocenters. The van der Waals surface area contributed by atoms with Gasteiger partial charge in [-0.15, -0.1) is 0 Å². The van der Waals surface area contributed by atoms with Crippen molar-refractivity contribution in [2.75, 3.05) is 13.1 Å². The van der Waals surface area contributed by atoms with E-state index in [1.165, 1.54) is 6.20 Å². The number of amides is 1. The second-order valence-corrected chi connectivity index (χ2v) is 6.76. The van der Waals surface area contributed by atoms with Gasteiger partial charge in [-0.1, -0.05) is 0 Å². The second kappa shape index (κ2) is 7.22. The van der Waals surface area contributed by atoms with Gasteiger partial charge in [-0.05, 0) is 19.8 Å². The molecule has 0 aliphatic carbocycles. The fourth-order valence-corrected chi connectivity index (χ4v) is 3.42. The van der Waals surface area contributed by atoms with Crippen LogP contribution in [-0.2, 0) is 7.05 Å². The van der Waals surface area contributed by atoms with Crippen molar-refractivity contribution < 1.29 is 4.79 Å². The Labute approximate surface area is 157 Å². The van der Waals surface area contributed by atoms with Gasteiger partial charge < -0.3 is 9.47 Å². The largest absolute Gasteiger partial charge is 0.337 e. The van der Waals surface area contributed by atoms with Crippen molar-refractivity contribution in [3.05, 3.63) is 54.4 Å². The molecule has 1 aliphatic rings.